The topological polar surface area (TPSA) is 81.7 Å². The van der Waals surface area contributed by atoms with Gasteiger partial charge in [0.25, 0.3) is 0 Å². The molecule has 0 radical (unpaired) electrons. The molecule has 4 rings (SSSR count). The number of ether oxygens (including phenoxy) is 2. The molecule has 35 heavy (non-hydrogen) atoms. The summed E-state index contributed by atoms with van der Waals surface area (Å²) in [4.78, 5) is 38.6. The van der Waals surface area contributed by atoms with E-state index < -0.39 is 24.1 Å². The zero-order chi connectivity index (χ0) is 24.8. The molecule has 6 nitrogen and oxygen atoms in total. The molecule has 1 aliphatic rings. The van der Waals surface area contributed by atoms with E-state index in [-0.39, 0.29) is 31.3 Å². The molecule has 0 aromatic heterocycles. The number of amides is 1. The van der Waals surface area contributed by atoms with Crippen LogP contribution in [0.15, 0.2) is 78.9 Å². The van der Waals surface area contributed by atoms with Crippen molar-refractivity contribution in [3.8, 4) is 11.1 Å². The van der Waals surface area contributed by atoms with Crippen molar-refractivity contribution in [1.29, 1.82) is 0 Å². The molecule has 0 heterocycles. The van der Waals surface area contributed by atoms with Crippen molar-refractivity contribution < 1.29 is 23.9 Å². The van der Waals surface area contributed by atoms with Gasteiger partial charge in [-0.15, -0.1) is 0 Å². The zero-order valence-corrected chi connectivity index (χ0v) is 19.9. The fraction of sp³-hybridized carbons (Fsp3) is 0.276. The van der Waals surface area contributed by atoms with Gasteiger partial charge in [0.2, 0.25) is 5.91 Å². The molecule has 3 aromatic rings. The first-order chi connectivity index (χ1) is 17.0. The van der Waals surface area contributed by atoms with Crippen LogP contribution < -0.4 is 5.32 Å². The van der Waals surface area contributed by atoms with E-state index in [4.69, 9.17) is 9.47 Å². The molecular formula is C29H29NO5. The summed E-state index contributed by atoms with van der Waals surface area (Å²) in [6, 6.07) is 23.8. The molecule has 1 N–H and O–H groups in total. The zero-order valence-electron chi connectivity index (χ0n) is 19.9. The van der Waals surface area contributed by atoms with Gasteiger partial charge in [0.15, 0.2) is 12.1 Å². The molecule has 0 spiro atoms. The molecule has 0 saturated heterocycles. The summed E-state index contributed by atoms with van der Waals surface area (Å²) >= 11 is 0. The second-order valence-corrected chi connectivity index (χ2v) is 8.40. The van der Waals surface area contributed by atoms with Crippen LogP contribution in [0, 0.1) is 0 Å². The molecule has 1 aliphatic carbocycles. The Bertz CT molecular complexity index is 1160. The molecule has 2 atom stereocenters. The third kappa shape index (κ3) is 5.27. The fourth-order valence-electron chi connectivity index (χ4n) is 4.58. The van der Waals surface area contributed by atoms with Crippen LogP contribution in [0.5, 0.6) is 0 Å². The first-order valence-electron chi connectivity index (χ1n) is 11.9. The Hall–Kier alpha value is -3.93. The van der Waals surface area contributed by atoms with Crippen LogP contribution in [0.1, 0.15) is 55.4 Å². The lowest BCUT2D eigenvalue weighted by Gasteiger charge is -2.27. The Kier molecular flexibility index (Phi) is 7.60. The van der Waals surface area contributed by atoms with Crippen LogP contribution in [0.3, 0.4) is 0 Å². The summed E-state index contributed by atoms with van der Waals surface area (Å²) in [6.45, 7) is 3.51. The smallest absolute Gasteiger partial charge is 0.332 e. The Morgan fingerprint density at radius 3 is 1.97 bits per heavy atom. The van der Waals surface area contributed by atoms with Crippen molar-refractivity contribution >= 4 is 17.8 Å². The monoisotopic (exact) mass is 471 g/mol. The van der Waals surface area contributed by atoms with Crippen LogP contribution in [0.2, 0.25) is 0 Å². The number of carbonyl (C=O) groups is 3. The van der Waals surface area contributed by atoms with E-state index in [2.05, 4.69) is 17.4 Å². The molecule has 180 valence electrons. The molecule has 6 heteroatoms. The minimum absolute atomic E-state index is 0.137. The highest BCUT2D eigenvalue weighted by Crippen LogP contribution is 2.46. The average Bonchev–Trinajstić information content (AvgIpc) is 3.20. The molecule has 1 amide bonds. The average molecular weight is 472 g/mol. The highest BCUT2D eigenvalue weighted by atomic mass is 16.6. The maximum Gasteiger partial charge on any atom is 0.332 e. The van der Waals surface area contributed by atoms with Crippen molar-refractivity contribution in [2.75, 3.05) is 6.61 Å². The fourth-order valence-corrected chi connectivity index (χ4v) is 4.58. The van der Waals surface area contributed by atoms with Crippen molar-refractivity contribution in [2.24, 2.45) is 0 Å². The van der Waals surface area contributed by atoms with Gasteiger partial charge >= 0.3 is 11.9 Å². The number of hydrogen-bond donors (Lipinski definition) is 1. The van der Waals surface area contributed by atoms with E-state index in [1.165, 1.54) is 0 Å². The van der Waals surface area contributed by atoms with Gasteiger partial charge in [-0.25, -0.2) is 4.79 Å². The lowest BCUT2D eigenvalue weighted by molar-refractivity contribution is -0.160. The largest absolute Gasteiger partial charge is 0.464 e. The number of fused-ring (bicyclic) bond motifs is 3. The standard InChI is InChI=1S/C29H29NO5/c1-3-26(32)35-28(19-12-6-5-7-13-19)27(29(33)34-4-2)30-25(31)18-24-22-16-10-8-14-20(22)21-15-9-11-17-23(21)24/h5-17,24,27-28H,3-4,18H2,1-2H3,(H,30,31)/t27-,28+/m0/s1. The summed E-state index contributed by atoms with van der Waals surface area (Å²) in [6.07, 6.45) is -0.717. The maximum absolute atomic E-state index is 13.4. The van der Waals surface area contributed by atoms with Gasteiger partial charge in [-0.2, -0.15) is 0 Å². The summed E-state index contributed by atoms with van der Waals surface area (Å²) < 4.78 is 10.9. The summed E-state index contributed by atoms with van der Waals surface area (Å²) in [5.74, 6) is -1.58. The first-order valence-corrected chi connectivity index (χ1v) is 11.9. The van der Waals surface area contributed by atoms with Gasteiger partial charge < -0.3 is 14.8 Å². The van der Waals surface area contributed by atoms with Gasteiger partial charge in [0.1, 0.15) is 0 Å². The van der Waals surface area contributed by atoms with Crippen molar-refractivity contribution in [3.63, 3.8) is 0 Å². The van der Waals surface area contributed by atoms with E-state index in [9.17, 15) is 14.4 Å². The SMILES string of the molecule is CCOC(=O)[C@@H](NC(=O)CC1c2ccccc2-c2ccccc21)[C@H](OC(=O)CC)c1ccccc1. The summed E-state index contributed by atoms with van der Waals surface area (Å²) in [7, 11) is 0. The van der Waals surface area contributed by atoms with Gasteiger partial charge in [0, 0.05) is 18.8 Å². The van der Waals surface area contributed by atoms with E-state index in [1.54, 1.807) is 38.1 Å². The van der Waals surface area contributed by atoms with Gasteiger partial charge in [-0.3, -0.25) is 9.59 Å². The van der Waals surface area contributed by atoms with E-state index >= 15 is 0 Å². The van der Waals surface area contributed by atoms with E-state index in [1.807, 2.05) is 42.5 Å². The lowest BCUT2D eigenvalue weighted by atomic mass is 9.93. The van der Waals surface area contributed by atoms with Crippen molar-refractivity contribution in [3.05, 3.63) is 95.6 Å². The van der Waals surface area contributed by atoms with Gasteiger partial charge in [0.05, 0.1) is 6.61 Å². The Morgan fingerprint density at radius 2 is 1.40 bits per heavy atom. The Morgan fingerprint density at radius 1 is 0.829 bits per heavy atom. The predicted octanol–water partition coefficient (Wildman–Crippen LogP) is 4.93. The second kappa shape index (κ2) is 11.0. The summed E-state index contributed by atoms with van der Waals surface area (Å²) in [5.41, 5.74) is 4.98. The maximum atomic E-state index is 13.4. The molecule has 3 aromatic carbocycles. The molecule has 0 aliphatic heterocycles. The molecule has 0 saturated carbocycles. The van der Waals surface area contributed by atoms with Crippen molar-refractivity contribution in [2.45, 2.75) is 44.8 Å². The molecular weight excluding hydrogens is 442 g/mol. The quantitative estimate of drug-likeness (QED) is 0.448. The number of benzene rings is 3. The molecule has 0 bridgehead atoms. The van der Waals surface area contributed by atoms with E-state index in [0.717, 1.165) is 22.3 Å². The lowest BCUT2D eigenvalue weighted by Crippen LogP contribution is -2.47. The second-order valence-electron chi connectivity index (χ2n) is 8.40. The van der Waals surface area contributed by atoms with E-state index in [0.29, 0.717) is 5.56 Å². The first kappa shape index (κ1) is 24.2. The third-order valence-electron chi connectivity index (χ3n) is 6.19. The molecule has 0 fully saturated rings. The van der Waals surface area contributed by atoms with Gasteiger partial charge in [-0.05, 0) is 34.7 Å². The predicted molar refractivity (Wildman–Crippen MR) is 132 cm³/mol. The van der Waals surface area contributed by atoms with Gasteiger partial charge in [-0.1, -0.05) is 85.8 Å². The number of hydrogen-bond acceptors (Lipinski definition) is 5. The Labute approximate surface area is 205 Å². The minimum atomic E-state index is -1.17. The number of esters is 2. The summed E-state index contributed by atoms with van der Waals surface area (Å²) in [5, 5.41) is 2.83. The third-order valence-corrected chi connectivity index (χ3v) is 6.19. The van der Waals surface area contributed by atoms with Crippen LogP contribution >= 0.6 is 0 Å². The van der Waals surface area contributed by atoms with Crippen LogP contribution in [0.4, 0.5) is 0 Å². The van der Waals surface area contributed by atoms with Crippen LogP contribution in [0.25, 0.3) is 11.1 Å². The number of nitrogens with one attached hydrogen (secondary N) is 1. The Balaban J connectivity index is 1.62. The van der Waals surface area contributed by atoms with Crippen LogP contribution in [-0.2, 0) is 23.9 Å². The normalized spacial score (nSPS) is 13.8. The number of rotatable bonds is 9. The molecule has 0 unspecified atom stereocenters. The highest BCUT2D eigenvalue weighted by molar-refractivity contribution is 5.88. The van der Waals surface area contributed by atoms with Crippen LogP contribution in [-0.4, -0.2) is 30.5 Å². The number of carbonyl (C=O) groups excluding carboxylic acids is 3. The highest BCUT2D eigenvalue weighted by Gasteiger charge is 2.37. The minimum Gasteiger partial charge on any atom is -0.464 e. The van der Waals surface area contributed by atoms with Crippen molar-refractivity contribution in [1.82, 2.24) is 5.32 Å².